The van der Waals surface area contributed by atoms with Crippen molar-refractivity contribution >= 4 is 56.0 Å². The van der Waals surface area contributed by atoms with Gasteiger partial charge in [0.2, 0.25) is 11.9 Å². The molecule has 2 aliphatic heterocycles. The molecule has 0 aliphatic carbocycles. The molecule has 6 N–H and O–H groups in total. The second-order valence-corrected chi connectivity index (χ2v) is 18.0. The van der Waals surface area contributed by atoms with Crippen LogP contribution in [0.2, 0.25) is 0 Å². The van der Waals surface area contributed by atoms with Gasteiger partial charge in [0, 0.05) is 90.7 Å². The lowest BCUT2D eigenvalue weighted by Gasteiger charge is -2.32. The Labute approximate surface area is 409 Å². The van der Waals surface area contributed by atoms with Gasteiger partial charge in [-0.15, -0.1) is 0 Å². The van der Waals surface area contributed by atoms with Crippen LogP contribution in [0.3, 0.4) is 0 Å². The predicted octanol–water partition coefficient (Wildman–Crippen LogP) is 5.67. The minimum absolute atomic E-state index is 0. The molecule has 10 heterocycles. The number of para-hydroxylation sites is 4. The van der Waals surface area contributed by atoms with E-state index in [0.29, 0.717) is 37.0 Å². The number of rotatable bonds is 16. The number of anilines is 2. The third-order valence-electron chi connectivity index (χ3n) is 13.2. The smallest absolute Gasteiger partial charge is 0.204 e. The topological polar surface area (TPSA) is 235 Å². The average molecular weight is 961 g/mol. The fourth-order valence-electron chi connectivity index (χ4n) is 9.56. The number of aryl methyl sites for hydroxylation is 2. The van der Waals surface area contributed by atoms with Gasteiger partial charge in [0.25, 0.3) is 0 Å². The Hall–Kier alpha value is -7.88. The number of hydrogen-bond donors (Lipinski definition) is 4. The normalized spacial score (nSPS) is 15.0. The maximum atomic E-state index is 5.74. The van der Waals surface area contributed by atoms with E-state index in [1.54, 1.807) is 37.2 Å². The first-order chi connectivity index (χ1) is 34.5. The van der Waals surface area contributed by atoms with Gasteiger partial charge in [-0.25, -0.2) is 39.3 Å². The van der Waals surface area contributed by atoms with Crippen molar-refractivity contribution in [2.24, 2.45) is 0 Å². The fraction of sp³-hybridized carbons (Fsp3) is 0.360. The van der Waals surface area contributed by atoms with Crippen LogP contribution in [0.4, 0.5) is 11.9 Å². The van der Waals surface area contributed by atoms with Gasteiger partial charge in [-0.2, -0.15) is 0 Å². The highest BCUT2D eigenvalue weighted by Crippen LogP contribution is 2.26. The van der Waals surface area contributed by atoms with Gasteiger partial charge in [0.1, 0.15) is 35.2 Å². The van der Waals surface area contributed by atoms with Crippen LogP contribution < -0.4 is 21.5 Å². The second-order valence-electron chi connectivity index (χ2n) is 18.0. The summed E-state index contributed by atoms with van der Waals surface area (Å²) in [6.07, 6.45) is 18.7. The monoisotopic (exact) mass is 961 g/mol. The molecule has 0 amide bonds. The number of nitrogens with one attached hydrogen (secondary N) is 4. The molecule has 0 unspecified atom stereocenters. The molecule has 21 nitrogen and oxygen atoms in total. The van der Waals surface area contributed by atoms with Gasteiger partial charge < -0.3 is 54.7 Å². The van der Waals surface area contributed by atoms with E-state index in [0.717, 1.165) is 146 Å². The van der Waals surface area contributed by atoms with Crippen molar-refractivity contribution in [2.45, 2.75) is 64.7 Å². The SMILES string of the molecule is Cc1ncc(Cn2c(NC3CCN(CCNn4cnc5cnccc54)CC3)nc3ccccc32)o1.Cc1ncc(Cn2c(NC3CCN(CCNn4cnc5cnccc54)CC3)nc3ccccc32)o1.O. The molecule has 2 saturated heterocycles. The van der Waals surface area contributed by atoms with Gasteiger partial charge >= 0.3 is 0 Å². The molecular weight excluding hydrogens is 901 g/mol. The molecule has 2 aliphatic rings. The highest BCUT2D eigenvalue weighted by Gasteiger charge is 2.24. The summed E-state index contributed by atoms with van der Waals surface area (Å²) in [6.45, 7) is 12.8. The Morgan fingerprint density at radius 3 is 1.38 bits per heavy atom. The standard InChI is InChI=1S/2C25H29N9O.H2O/c2*1-18-27-14-20(35-18)16-33-23-5-3-2-4-21(23)31-25(33)30-19-7-11-32(12-8-19)13-10-29-34-17-28-22-15-26-9-6-24(22)34;/h2*2-6,9,14-15,17,19,29H,7-8,10-13,16H2,1H3,(H,30,31);1H2. The Balaban J connectivity index is 0.000000162. The van der Waals surface area contributed by atoms with Crippen molar-refractivity contribution in [3.05, 3.63) is 134 Å². The minimum atomic E-state index is 0. The average Bonchev–Trinajstić information content (AvgIpc) is 4.27. The molecule has 8 aromatic heterocycles. The maximum absolute atomic E-state index is 5.74. The summed E-state index contributed by atoms with van der Waals surface area (Å²) >= 11 is 0. The first kappa shape index (κ1) is 46.8. The third kappa shape index (κ3) is 10.8. The highest BCUT2D eigenvalue weighted by molar-refractivity contribution is 5.80. The lowest BCUT2D eigenvalue weighted by molar-refractivity contribution is 0.225. The quantitative estimate of drug-likeness (QED) is 0.0914. The van der Waals surface area contributed by atoms with Crippen molar-refractivity contribution in [1.29, 1.82) is 0 Å². The molecule has 12 rings (SSSR count). The van der Waals surface area contributed by atoms with E-state index < -0.39 is 0 Å². The molecule has 0 saturated carbocycles. The van der Waals surface area contributed by atoms with Crippen molar-refractivity contribution in [2.75, 3.05) is 73.8 Å². The van der Waals surface area contributed by atoms with Gasteiger partial charge in [-0.05, 0) is 62.1 Å². The molecule has 368 valence electrons. The number of nitrogens with zero attached hydrogens (tertiary/aromatic N) is 14. The number of pyridine rings is 2. The van der Waals surface area contributed by atoms with Gasteiger partial charge in [-0.3, -0.25) is 9.97 Å². The number of aromatic nitrogens is 12. The van der Waals surface area contributed by atoms with Crippen molar-refractivity contribution in [3.63, 3.8) is 0 Å². The summed E-state index contributed by atoms with van der Waals surface area (Å²) in [6, 6.07) is 21.2. The molecule has 0 bridgehead atoms. The van der Waals surface area contributed by atoms with Crippen molar-refractivity contribution in [3.8, 4) is 0 Å². The zero-order valence-corrected chi connectivity index (χ0v) is 40.0. The third-order valence-corrected chi connectivity index (χ3v) is 13.2. The summed E-state index contributed by atoms with van der Waals surface area (Å²) in [4.78, 5) is 40.3. The maximum Gasteiger partial charge on any atom is 0.204 e. The number of benzene rings is 2. The number of fused-ring (bicyclic) bond motifs is 4. The van der Waals surface area contributed by atoms with E-state index >= 15 is 0 Å². The van der Waals surface area contributed by atoms with Crippen LogP contribution in [0.15, 0.2) is 119 Å². The number of oxazole rings is 2. The van der Waals surface area contributed by atoms with Crippen LogP contribution in [0, 0.1) is 13.8 Å². The zero-order valence-electron chi connectivity index (χ0n) is 40.0. The molecule has 21 heteroatoms. The number of hydrogen-bond acceptors (Lipinski definition) is 16. The lowest BCUT2D eigenvalue weighted by atomic mass is 10.1. The molecular formula is C50H60N18O3. The van der Waals surface area contributed by atoms with Crippen LogP contribution in [0.1, 0.15) is 49.0 Å². The van der Waals surface area contributed by atoms with Gasteiger partial charge in [0.05, 0.1) is 71.0 Å². The predicted molar refractivity (Wildman–Crippen MR) is 273 cm³/mol. The van der Waals surface area contributed by atoms with Crippen LogP contribution in [-0.2, 0) is 13.1 Å². The van der Waals surface area contributed by atoms with E-state index in [1.165, 1.54) is 0 Å². The Morgan fingerprint density at radius 1 is 0.521 bits per heavy atom. The summed E-state index contributed by atoms with van der Waals surface area (Å²) < 4.78 is 19.8. The second kappa shape index (κ2) is 21.4. The Kier molecular flexibility index (Phi) is 14.1. The zero-order chi connectivity index (χ0) is 47.2. The first-order valence-corrected chi connectivity index (χ1v) is 24.2. The Morgan fingerprint density at radius 2 is 0.958 bits per heavy atom. The molecule has 0 atom stereocenters. The minimum Gasteiger partial charge on any atom is -0.444 e. The summed E-state index contributed by atoms with van der Waals surface area (Å²) in [7, 11) is 0. The van der Waals surface area contributed by atoms with E-state index in [4.69, 9.17) is 18.8 Å². The molecule has 0 radical (unpaired) electrons. The van der Waals surface area contributed by atoms with Crippen LogP contribution in [0.25, 0.3) is 44.1 Å². The van der Waals surface area contributed by atoms with Crippen molar-refractivity contribution < 1.29 is 14.3 Å². The summed E-state index contributed by atoms with van der Waals surface area (Å²) in [5, 5.41) is 7.43. The van der Waals surface area contributed by atoms with E-state index in [9.17, 15) is 0 Å². The van der Waals surface area contributed by atoms with Gasteiger partial charge in [-0.1, -0.05) is 24.3 Å². The molecule has 2 aromatic carbocycles. The molecule has 10 aromatic rings. The largest absolute Gasteiger partial charge is 0.444 e. The number of likely N-dealkylation sites (tertiary alicyclic amines) is 2. The van der Waals surface area contributed by atoms with Crippen molar-refractivity contribution in [1.82, 2.24) is 68.2 Å². The molecule has 2 fully saturated rings. The van der Waals surface area contributed by atoms with Crippen LogP contribution >= 0.6 is 0 Å². The molecule has 71 heavy (non-hydrogen) atoms. The van der Waals surface area contributed by atoms with Crippen LogP contribution in [-0.4, -0.2) is 138 Å². The van der Waals surface area contributed by atoms with Crippen LogP contribution in [0.5, 0.6) is 0 Å². The Bertz CT molecular complexity index is 3080. The van der Waals surface area contributed by atoms with E-state index in [1.807, 2.05) is 72.3 Å². The first-order valence-electron chi connectivity index (χ1n) is 24.2. The fourth-order valence-corrected chi connectivity index (χ4v) is 9.56. The summed E-state index contributed by atoms with van der Waals surface area (Å²) in [5.41, 5.74) is 15.0. The number of imidazole rings is 4. The lowest BCUT2D eigenvalue weighted by Crippen LogP contribution is -2.42. The van der Waals surface area contributed by atoms with Gasteiger partial charge in [0.15, 0.2) is 11.8 Å². The highest BCUT2D eigenvalue weighted by atomic mass is 16.4. The number of piperidine rings is 2. The summed E-state index contributed by atoms with van der Waals surface area (Å²) in [5.74, 6) is 4.80. The molecule has 0 spiro atoms. The van der Waals surface area contributed by atoms with E-state index in [-0.39, 0.29) is 5.48 Å². The van der Waals surface area contributed by atoms with E-state index in [2.05, 4.69) is 94.6 Å².